The summed E-state index contributed by atoms with van der Waals surface area (Å²) in [5.41, 5.74) is 2.58. The van der Waals surface area contributed by atoms with Gasteiger partial charge in [-0.1, -0.05) is 25.9 Å². The molecular weight excluding hydrogens is 385 g/mol. The van der Waals surface area contributed by atoms with Crippen LogP contribution in [0.2, 0.25) is 0 Å². The highest BCUT2D eigenvalue weighted by atomic mass is 79.9. The Morgan fingerprint density at radius 1 is 1.42 bits per heavy atom. The Balaban J connectivity index is 1.94. The summed E-state index contributed by atoms with van der Waals surface area (Å²) >= 11 is 3.06. The van der Waals surface area contributed by atoms with E-state index in [2.05, 4.69) is 46.8 Å². The van der Waals surface area contributed by atoms with Crippen LogP contribution in [0, 0.1) is 11.2 Å². The van der Waals surface area contributed by atoms with Gasteiger partial charge in [0, 0.05) is 5.41 Å². The summed E-state index contributed by atoms with van der Waals surface area (Å²) in [7, 11) is 0. The third kappa shape index (κ3) is 4.75. The van der Waals surface area contributed by atoms with Crippen molar-refractivity contribution in [3.63, 3.8) is 0 Å². The second-order valence-corrected chi connectivity index (χ2v) is 6.61. The van der Waals surface area contributed by atoms with Gasteiger partial charge in [0.1, 0.15) is 12.0 Å². The van der Waals surface area contributed by atoms with E-state index in [0.29, 0.717) is 5.69 Å². The topological polar surface area (TPSA) is 102 Å². The lowest BCUT2D eigenvalue weighted by atomic mass is 9.96. The maximum absolute atomic E-state index is 13.1. The number of amides is 1. The van der Waals surface area contributed by atoms with E-state index >= 15 is 0 Å². The first-order valence-electron chi connectivity index (χ1n) is 6.82. The second kappa shape index (κ2) is 7.39. The molecule has 0 aliphatic heterocycles. The van der Waals surface area contributed by atoms with Crippen LogP contribution in [0.3, 0.4) is 0 Å². The summed E-state index contributed by atoms with van der Waals surface area (Å²) in [6, 6.07) is 4.22. The molecule has 0 saturated carbocycles. The molecule has 0 fully saturated rings. The van der Waals surface area contributed by atoms with E-state index in [1.54, 1.807) is 20.8 Å². The summed E-state index contributed by atoms with van der Waals surface area (Å²) in [5.74, 6) is -0.508. The highest BCUT2D eigenvalue weighted by Gasteiger charge is 2.23. The van der Waals surface area contributed by atoms with E-state index in [9.17, 15) is 9.18 Å². The van der Waals surface area contributed by atoms with Crippen LogP contribution in [0.25, 0.3) is 0 Å². The Labute approximate surface area is 145 Å². The van der Waals surface area contributed by atoms with Crippen molar-refractivity contribution in [2.75, 3.05) is 10.8 Å². The molecule has 0 bridgehead atoms. The number of halogens is 2. The average molecular weight is 400 g/mol. The molecule has 10 heteroatoms. The van der Waals surface area contributed by atoms with Gasteiger partial charge in [0.2, 0.25) is 11.7 Å². The van der Waals surface area contributed by atoms with E-state index in [-0.39, 0.29) is 21.9 Å². The first-order valence-corrected chi connectivity index (χ1v) is 7.61. The number of carbonyl (C=O) groups excluding carboxylic acids is 1. The molecule has 128 valence electrons. The monoisotopic (exact) mass is 399 g/mol. The van der Waals surface area contributed by atoms with Gasteiger partial charge in [-0.3, -0.25) is 9.73 Å². The SMILES string of the molecule is CC(C)(C)C(=O)Nc1nonc1/C=N/ONc1ccc(F)c(Br)c1. The van der Waals surface area contributed by atoms with Gasteiger partial charge in [-0.2, -0.15) is 5.48 Å². The molecule has 0 saturated heterocycles. The van der Waals surface area contributed by atoms with E-state index in [0.717, 1.165) is 0 Å². The van der Waals surface area contributed by atoms with Crippen LogP contribution in [0.1, 0.15) is 26.5 Å². The molecule has 2 rings (SSSR count). The molecule has 1 aromatic heterocycles. The van der Waals surface area contributed by atoms with E-state index < -0.39 is 11.2 Å². The molecule has 8 nitrogen and oxygen atoms in total. The summed E-state index contributed by atoms with van der Waals surface area (Å²) in [5, 5.41) is 13.4. The average Bonchev–Trinajstić information content (AvgIpc) is 2.93. The van der Waals surface area contributed by atoms with Crippen molar-refractivity contribution in [2.24, 2.45) is 10.6 Å². The molecule has 0 atom stereocenters. The van der Waals surface area contributed by atoms with Crippen molar-refractivity contribution in [3.8, 4) is 0 Å². The zero-order chi connectivity index (χ0) is 17.7. The molecule has 0 unspecified atom stereocenters. The first kappa shape index (κ1) is 17.9. The minimum atomic E-state index is -0.596. The number of nitrogens with zero attached hydrogens (tertiary/aromatic N) is 3. The van der Waals surface area contributed by atoms with Crippen LogP contribution in [-0.2, 0) is 9.73 Å². The number of oxime groups is 1. The highest BCUT2D eigenvalue weighted by molar-refractivity contribution is 9.10. The van der Waals surface area contributed by atoms with Crippen molar-refractivity contribution in [3.05, 3.63) is 34.2 Å². The fraction of sp³-hybridized carbons (Fsp3) is 0.286. The minimum absolute atomic E-state index is 0.131. The number of anilines is 2. The summed E-state index contributed by atoms with van der Waals surface area (Å²) in [4.78, 5) is 16.8. The fourth-order valence-corrected chi connectivity index (χ4v) is 1.76. The summed E-state index contributed by atoms with van der Waals surface area (Å²) in [6.45, 7) is 5.28. The van der Waals surface area contributed by atoms with Crippen molar-refractivity contribution in [2.45, 2.75) is 20.8 Å². The Kier molecular flexibility index (Phi) is 5.50. The third-order valence-electron chi connectivity index (χ3n) is 2.74. The number of carbonyl (C=O) groups is 1. The minimum Gasteiger partial charge on any atom is -0.305 e. The number of nitrogens with one attached hydrogen (secondary N) is 2. The Morgan fingerprint density at radius 2 is 2.17 bits per heavy atom. The zero-order valence-corrected chi connectivity index (χ0v) is 14.7. The highest BCUT2D eigenvalue weighted by Crippen LogP contribution is 2.20. The third-order valence-corrected chi connectivity index (χ3v) is 3.35. The first-order chi connectivity index (χ1) is 11.3. The smallest absolute Gasteiger partial charge is 0.231 e. The van der Waals surface area contributed by atoms with Crippen molar-refractivity contribution in [1.82, 2.24) is 10.3 Å². The van der Waals surface area contributed by atoms with Crippen LogP contribution < -0.4 is 10.8 Å². The van der Waals surface area contributed by atoms with E-state index in [4.69, 9.17) is 4.94 Å². The van der Waals surface area contributed by atoms with Crippen LogP contribution in [0.5, 0.6) is 0 Å². The molecule has 1 amide bonds. The molecule has 2 aromatic rings. The van der Waals surface area contributed by atoms with Crippen molar-refractivity contribution >= 4 is 39.6 Å². The number of benzene rings is 1. The Morgan fingerprint density at radius 3 is 2.83 bits per heavy atom. The van der Waals surface area contributed by atoms with Crippen molar-refractivity contribution in [1.29, 1.82) is 0 Å². The van der Waals surface area contributed by atoms with Gasteiger partial charge in [0.05, 0.1) is 10.2 Å². The number of rotatable bonds is 5. The molecule has 0 spiro atoms. The Hall–Kier alpha value is -2.49. The normalized spacial score (nSPS) is 11.5. The molecule has 24 heavy (non-hydrogen) atoms. The number of hydrogen-bond donors (Lipinski definition) is 2. The standard InChI is InChI=1S/C14H15BrFN5O3/c1-14(2,3)13(22)18-12-11(20-24-21-12)7-17-23-19-8-4-5-10(16)9(15)6-8/h4-7,19H,1-3H3,(H,18,21,22)/b17-7+. The predicted molar refractivity (Wildman–Crippen MR) is 88.8 cm³/mol. The van der Waals surface area contributed by atoms with E-state index in [1.165, 1.54) is 24.4 Å². The second-order valence-electron chi connectivity index (χ2n) is 5.76. The van der Waals surface area contributed by atoms with Gasteiger partial charge in [-0.25, -0.2) is 9.02 Å². The van der Waals surface area contributed by atoms with Crippen LogP contribution in [-0.4, -0.2) is 22.4 Å². The van der Waals surface area contributed by atoms with Gasteiger partial charge in [-0.05, 0) is 44.4 Å². The predicted octanol–water partition coefficient (Wildman–Crippen LogP) is 3.33. The lowest BCUT2D eigenvalue weighted by Crippen LogP contribution is -2.28. The van der Waals surface area contributed by atoms with Gasteiger partial charge in [0.15, 0.2) is 5.69 Å². The molecule has 2 N–H and O–H groups in total. The largest absolute Gasteiger partial charge is 0.305 e. The number of aromatic nitrogens is 2. The Bertz CT molecular complexity index is 757. The quantitative estimate of drug-likeness (QED) is 0.590. The van der Waals surface area contributed by atoms with Gasteiger partial charge >= 0.3 is 0 Å². The van der Waals surface area contributed by atoms with E-state index in [1.807, 2.05) is 0 Å². The summed E-state index contributed by atoms with van der Waals surface area (Å²) < 4.78 is 18.0. The molecular formula is C14H15BrFN5O3. The lowest BCUT2D eigenvalue weighted by Gasteiger charge is -2.15. The molecule has 0 aliphatic rings. The van der Waals surface area contributed by atoms with Gasteiger partial charge < -0.3 is 5.32 Å². The lowest BCUT2D eigenvalue weighted by molar-refractivity contribution is -0.123. The number of hydrogen-bond acceptors (Lipinski definition) is 7. The maximum Gasteiger partial charge on any atom is 0.231 e. The van der Waals surface area contributed by atoms with Gasteiger partial charge in [-0.15, -0.1) is 0 Å². The zero-order valence-electron chi connectivity index (χ0n) is 13.1. The van der Waals surface area contributed by atoms with Crippen molar-refractivity contribution < 1.29 is 18.8 Å². The van der Waals surface area contributed by atoms with Crippen LogP contribution in [0.15, 0.2) is 32.5 Å². The van der Waals surface area contributed by atoms with Gasteiger partial charge in [0.25, 0.3) is 0 Å². The fourth-order valence-electron chi connectivity index (χ4n) is 1.38. The summed E-state index contributed by atoms with van der Waals surface area (Å²) in [6.07, 6.45) is 1.21. The van der Waals surface area contributed by atoms with Crippen LogP contribution >= 0.6 is 15.9 Å². The molecule has 1 aromatic carbocycles. The molecule has 1 heterocycles. The van der Waals surface area contributed by atoms with Crippen LogP contribution in [0.4, 0.5) is 15.9 Å². The molecule has 0 radical (unpaired) electrons. The molecule has 0 aliphatic carbocycles. The maximum atomic E-state index is 13.1.